The van der Waals surface area contributed by atoms with Gasteiger partial charge in [-0.15, -0.1) is 0 Å². The van der Waals surface area contributed by atoms with Crippen molar-refractivity contribution in [2.24, 2.45) is 0 Å². The molecule has 1 amide bonds. The molecule has 0 aliphatic rings. The molecule has 0 saturated carbocycles. The predicted molar refractivity (Wildman–Crippen MR) is 86.7 cm³/mol. The lowest BCUT2D eigenvalue weighted by Crippen LogP contribution is -2.13. The topological polar surface area (TPSA) is 55.1 Å². The minimum atomic E-state index is -0.231. The van der Waals surface area contributed by atoms with Crippen LogP contribution in [0.15, 0.2) is 54.7 Å². The van der Waals surface area contributed by atoms with E-state index < -0.39 is 0 Å². The number of hydrogen-bond donors (Lipinski definition) is 2. The molecule has 0 aliphatic carbocycles. The van der Waals surface area contributed by atoms with Gasteiger partial charge in [0.1, 0.15) is 0 Å². The summed E-state index contributed by atoms with van der Waals surface area (Å²) in [6.07, 6.45) is 7.18. The molecule has 1 aromatic carbocycles. The first-order chi connectivity index (χ1) is 9.43. The van der Waals surface area contributed by atoms with Crippen molar-refractivity contribution in [1.82, 2.24) is 0 Å². The number of allylic oxidation sites excluding steroid dienone is 3. The molecular formula is C17H22N2O. The van der Waals surface area contributed by atoms with Crippen LogP contribution in [0.25, 0.3) is 0 Å². The Labute approximate surface area is 120 Å². The van der Waals surface area contributed by atoms with Crippen molar-refractivity contribution in [2.75, 3.05) is 11.1 Å². The third kappa shape index (κ3) is 4.76. The maximum absolute atomic E-state index is 12.0. The first-order valence-electron chi connectivity index (χ1n) is 6.64. The van der Waals surface area contributed by atoms with E-state index in [-0.39, 0.29) is 5.91 Å². The molecule has 0 aliphatic heterocycles. The van der Waals surface area contributed by atoms with Crippen LogP contribution in [0.4, 0.5) is 11.4 Å². The maximum Gasteiger partial charge on any atom is 0.255 e. The average molecular weight is 270 g/mol. The second kappa shape index (κ2) is 7.34. The molecule has 0 unspecified atom stereocenters. The molecule has 3 N–H and O–H groups in total. The summed E-state index contributed by atoms with van der Waals surface area (Å²) in [6, 6.07) is 5.59. The lowest BCUT2D eigenvalue weighted by Gasteiger charge is -2.11. The Hall–Kier alpha value is -2.29. The van der Waals surface area contributed by atoms with Gasteiger partial charge >= 0.3 is 0 Å². The van der Waals surface area contributed by atoms with E-state index in [0.717, 1.165) is 5.56 Å². The van der Waals surface area contributed by atoms with Gasteiger partial charge in [-0.1, -0.05) is 44.7 Å². The van der Waals surface area contributed by atoms with Crippen molar-refractivity contribution in [1.29, 1.82) is 0 Å². The first-order valence-corrected chi connectivity index (χ1v) is 6.64. The number of carbonyl (C=O) groups excluding carboxylic acids is 1. The lowest BCUT2D eigenvalue weighted by molar-refractivity contribution is -0.112. The van der Waals surface area contributed by atoms with Gasteiger partial charge in [-0.25, -0.2) is 0 Å². The summed E-state index contributed by atoms with van der Waals surface area (Å²) in [5.74, 6) is 0.123. The minimum absolute atomic E-state index is 0.231. The van der Waals surface area contributed by atoms with Crippen LogP contribution in [0, 0.1) is 0 Å². The summed E-state index contributed by atoms with van der Waals surface area (Å²) >= 11 is 0. The Morgan fingerprint density at radius 3 is 2.60 bits per heavy atom. The zero-order chi connectivity index (χ0) is 15.1. The van der Waals surface area contributed by atoms with Gasteiger partial charge in [0, 0.05) is 16.9 Å². The van der Waals surface area contributed by atoms with Crippen LogP contribution >= 0.6 is 0 Å². The number of carbonyl (C=O) groups is 1. The van der Waals surface area contributed by atoms with E-state index in [2.05, 4.69) is 25.7 Å². The third-order valence-corrected chi connectivity index (χ3v) is 2.79. The monoisotopic (exact) mass is 270 g/mol. The minimum Gasteiger partial charge on any atom is -0.399 e. The van der Waals surface area contributed by atoms with Gasteiger partial charge < -0.3 is 11.1 Å². The Balaban J connectivity index is 2.82. The van der Waals surface area contributed by atoms with Gasteiger partial charge in [0.05, 0.1) is 0 Å². The van der Waals surface area contributed by atoms with E-state index in [1.165, 1.54) is 0 Å². The number of nitrogens with one attached hydrogen (secondary N) is 1. The highest BCUT2D eigenvalue weighted by atomic mass is 16.1. The van der Waals surface area contributed by atoms with Crippen LogP contribution < -0.4 is 11.1 Å². The molecule has 3 heteroatoms. The fraction of sp³-hybridized carbons (Fsp3) is 0.235. The lowest BCUT2D eigenvalue weighted by atomic mass is 10.0. The molecule has 1 aromatic rings. The van der Waals surface area contributed by atoms with Crippen LogP contribution in [-0.2, 0) is 4.79 Å². The van der Waals surface area contributed by atoms with Crippen LogP contribution in [0.5, 0.6) is 0 Å². The highest BCUT2D eigenvalue weighted by Gasteiger charge is 2.07. The zero-order valence-electron chi connectivity index (χ0n) is 12.3. The average Bonchev–Trinajstić information content (AvgIpc) is 2.38. The molecule has 1 rings (SSSR count). The molecule has 0 bridgehead atoms. The smallest absolute Gasteiger partial charge is 0.255 e. The van der Waals surface area contributed by atoms with E-state index in [0.29, 0.717) is 22.9 Å². The molecule has 0 fully saturated rings. The van der Waals surface area contributed by atoms with Gasteiger partial charge in [0.15, 0.2) is 0 Å². The predicted octanol–water partition coefficient (Wildman–Crippen LogP) is 4.02. The Bertz CT molecular complexity index is 554. The number of hydrogen-bond acceptors (Lipinski definition) is 2. The Morgan fingerprint density at radius 1 is 1.30 bits per heavy atom. The van der Waals surface area contributed by atoms with Gasteiger partial charge in [0.2, 0.25) is 0 Å². The summed E-state index contributed by atoms with van der Waals surface area (Å²) in [5.41, 5.74) is 8.68. The van der Waals surface area contributed by atoms with Gasteiger partial charge in [-0.3, -0.25) is 4.79 Å². The fourth-order valence-electron chi connectivity index (χ4n) is 1.65. The number of benzene rings is 1. The molecule has 106 valence electrons. The zero-order valence-corrected chi connectivity index (χ0v) is 12.3. The van der Waals surface area contributed by atoms with E-state index >= 15 is 0 Å². The van der Waals surface area contributed by atoms with Crippen molar-refractivity contribution >= 4 is 17.3 Å². The van der Waals surface area contributed by atoms with E-state index in [9.17, 15) is 4.79 Å². The number of nitrogen functional groups attached to an aromatic ring is 1. The van der Waals surface area contributed by atoms with Crippen LogP contribution in [0.1, 0.15) is 32.3 Å². The largest absolute Gasteiger partial charge is 0.399 e. The van der Waals surface area contributed by atoms with Crippen LogP contribution in [-0.4, -0.2) is 5.91 Å². The highest BCUT2D eigenvalue weighted by molar-refractivity contribution is 6.05. The SMILES string of the molecule is C=C(/C=C\C=C/C)C(=O)Nc1cc(N)cc(C(C)C)c1. The standard InChI is InChI=1S/C17H22N2O/c1-5-6-7-8-13(4)17(20)19-16-10-14(12(2)3)9-15(18)11-16/h5-12H,4,18H2,1-3H3,(H,19,20)/b6-5-,8-7-. The van der Waals surface area contributed by atoms with Crippen molar-refractivity contribution in [3.63, 3.8) is 0 Å². The first kappa shape index (κ1) is 15.8. The summed E-state index contributed by atoms with van der Waals surface area (Å²) in [7, 11) is 0. The number of nitrogens with two attached hydrogens (primary N) is 1. The molecular weight excluding hydrogens is 248 g/mol. The van der Waals surface area contributed by atoms with Crippen molar-refractivity contribution < 1.29 is 4.79 Å². The summed E-state index contributed by atoms with van der Waals surface area (Å²) in [5, 5.41) is 2.81. The normalized spacial score (nSPS) is 11.4. The van der Waals surface area contributed by atoms with Crippen molar-refractivity contribution in [3.05, 3.63) is 60.2 Å². The highest BCUT2D eigenvalue weighted by Crippen LogP contribution is 2.23. The molecule has 3 nitrogen and oxygen atoms in total. The molecule has 0 atom stereocenters. The van der Waals surface area contributed by atoms with E-state index in [1.54, 1.807) is 18.2 Å². The summed E-state index contributed by atoms with van der Waals surface area (Å²) in [6.45, 7) is 9.81. The molecule has 20 heavy (non-hydrogen) atoms. The second-order valence-electron chi connectivity index (χ2n) is 4.91. The quantitative estimate of drug-likeness (QED) is 0.482. The number of rotatable bonds is 5. The third-order valence-electron chi connectivity index (χ3n) is 2.79. The van der Waals surface area contributed by atoms with Crippen molar-refractivity contribution in [3.8, 4) is 0 Å². The Kier molecular flexibility index (Phi) is 5.78. The van der Waals surface area contributed by atoms with Gasteiger partial charge in [-0.2, -0.15) is 0 Å². The Morgan fingerprint density at radius 2 is 2.00 bits per heavy atom. The molecule has 0 radical (unpaired) electrons. The summed E-state index contributed by atoms with van der Waals surface area (Å²) < 4.78 is 0. The van der Waals surface area contributed by atoms with Crippen LogP contribution in [0.3, 0.4) is 0 Å². The van der Waals surface area contributed by atoms with Gasteiger partial charge in [0.25, 0.3) is 5.91 Å². The van der Waals surface area contributed by atoms with Gasteiger partial charge in [-0.05, 0) is 36.6 Å². The molecule has 0 spiro atoms. The fourth-order valence-corrected chi connectivity index (χ4v) is 1.65. The van der Waals surface area contributed by atoms with E-state index in [1.807, 2.05) is 31.2 Å². The molecule has 0 heterocycles. The molecule has 0 saturated heterocycles. The number of amides is 1. The summed E-state index contributed by atoms with van der Waals surface area (Å²) in [4.78, 5) is 12.0. The van der Waals surface area contributed by atoms with Crippen LogP contribution in [0.2, 0.25) is 0 Å². The van der Waals surface area contributed by atoms with E-state index in [4.69, 9.17) is 5.73 Å². The number of anilines is 2. The van der Waals surface area contributed by atoms with Crippen molar-refractivity contribution in [2.45, 2.75) is 26.7 Å². The second-order valence-corrected chi connectivity index (χ2v) is 4.91. The maximum atomic E-state index is 12.0. The molecule has 0 aromatic heterocycles.